The van der Waals surface area contributed by atoms with E-state index in [1.54, 1.807) is 18.2 Å². The number of hydrazone groups is 1. The number of benzene rings is 1. The Morgan fingerprint density at radius 3 is 2.93 bits per heavy atom. The van der Waals surface area contributed by atoms with E-state index in [4.69, 9.17) is 5.73 Å². The number of nitrogens with zero attached hydrogens (tertiary/aromatic N) is 1. The molecule has 4 N–H and O–H groups in total. The van der Waals surface area contributed by atoms with Crippen LogP contribution in [0, 0.1) is 0 Å². The Labute approximate surface area is 81.2 Å². The SMILES string of the molecule is NC(=O)N/N=C/Cc1ccccc1O. The van der Waals surface area contributed by atoms with Crippen LogP contribution in [0.1, 0.15) is 5.56 Å². The van der Waals surface area contributed by atoms with Crippen molar-refractivity contribution in [3.05, 3.63) is 29.8 Å². The number of aromatic hydroxyl groups is 1. The molecular formula is C9H11N3O2. The van der Waals surface area contributed by atoms with Crippen molar-refractivity contribution >= 4 is 12.2 Å². The highest BCUT2D eigenvalue weighted by Crippen LogP contribution is 2.14. The number of carbonyl (C=O) groups is 1. The van der Waals surface area contributed by atoms with Gasteiger partial charge in [0.05, 0.1) is 0 Å². The molecule has 0 aliphatic rings. The number of phenols is 1. The van der Waals surface area contributed by atoms with Crippen molar-refractivity contribution in [2.45, 2.75) is 6.42 Å². The predicted molar refractivity (Wildman–Crippen MR) is 53.0 cm³/mol. The summed E-state index contributed by atoms with van der Waals surface area (Å²) in [6, 6.07) is 6.19. The molecule has 1 aromatic rings. The maximum absolute atomic E-state index is 10.2. The fourth-order valence-electron chi connectivity index (χ4n) is 0.937. The second-order valence-corrected chi connectivity index (χ2v) is 2.62. The van der Waals surface area contributed by atoms with Crippen LogP contribution in [0.15, 0.2) is 29.4 Å². The van der Waals surface area contributed by atoms with Crippen molar-refractivity contribution in [2.24, 2.45) is 10.8 Å². The van der Waals surface area contributed by atoms with Crippen molar-refractivity contribution in [1.82, 2.24) is 5.43 Å². The largest absolute Gasteiger partial charge is 0.508 e. The van der Waals surface area contributed by atoms with E-state index in [2.05, 4.69) is 10.5 Å². The van der Waals surface area contributed by atoms with Crippen LogP contribution >= 0.6 is 0 Å². The number of primary amides is 1. The lowest BCUT2D eigenvalue weighted by Crippen LogP contribution is -2.24. The summed E-state index contributed by atoms with van der Waals surface area (Å²) in [4.78, 5) is 10.2. The molecule has 74 valence electrons. The number of para-hydroxylation sites is 1. The zero-order chi connectivity index (χ0) is 10.4. The number of hydrogen-bond acceptors (Lipinski definition) is 3. The quantitative estimate of drug-likeness (QED) is 0.484. The lowest BCUT2D eigenvalue weighted by Gasteiger charge is -1.98. The molecule has 0 heterocycles. The lowest BCUT2D eigenvalue weighted by atomic mass is 10.1. The first kappa shape index (κ1) is 10.0. The molecular weight excluding hydrogens is 182 g/mol. The van der Waals surface area contributed by atoms with Gasteiger partial charge in [-0.3, -0.25) is 0 Å². The van der Waals surface area contributed by atoms with Crippen LogP contribution in [0.2, 0.25) is 0 Å². The summed E-state index contributed by atoms with van der Waals surface area (Å²) in [5.74, 6) is 0.207. The summed E-state index contributed by atoms with van der Waals surface area (Å²) in [7, 11) is 0. The number of nitrogens with two attached hydrogens (primary N) is 1. The van der Waals surface area contributed by atoms with E-state index in [0.29, 0.717) is 6.42 Å². The van der Waals surface area contributed by atoms with Crippen LogP contribution in [-0.2, 0) is 6.42 Å². The highest BCUT2D eigenvalue weighted by atomic mass is 16.3. The van der Waals surface area contributed by atoms with Gasteiger partial charge < -0.3 is 10.8 Å². The smallest absolute Gasteiger partial charge is 0.332 e. The molecule has 0 radical (unpaired) electrons. The Morgan fingerprint density at radius 1 is 1.57 bits per heavy atom. The Hall–Kier alpha value is -2.04. The van der Waals surface area contributed by atoms with Crippen molar-refractivity contribution in [3.63, 3.8) is 0 Å². The number of hydrogen-bond donors (Lipinski definition) is 3. The lowest BCUT2D eigenvalue weighted by molar-refractivity contribution is 0.249. The summed E-state index contributed by atoms with van der Waals surface area (Å²) < 4.78 is 0. The average molecular weight is 193 g/mol. The number of carbonyl (C=O) groups excluding carboxylic acids is 1. The van der Waals surface area contributed by atoms with Gasteiger partial charge in [-0.05, 0) is 11.6 Å². The molecule has 0 saturated heterocycles. The Morgan fingerprint density at radius 2 is 2.29 bits per heavy atom. The molecule has 0 aromatic heterocycles. The van der Waals surface area contributed by atoms with Crippen LogP contribution in [0.3, 0.4) is 0 Å². The molecule has 0 unspecified atom stereocenters. The first-order valence-corrected chi connectivity index (χ1v) is 4.04. The van der Waals surface area contributed by atoms with Gasteiger partial charge in [0.25, 0.3) is 0 Å². The monoisotopic (exact) mass is 193 g/mol. The van der Waals surface area contributed by atoms with Gasteiger partial charge in [0.1, 0.15) is 5.75 Å². The van der Waals surface area contributed by atoms with Crippen molar-refractivity contribution in [1.29, 1.82) is 0 Å². The number of nitrogens with one attached hydrogen (secondary N) is 1. The second-order valence-electron chi connectivity index (χ2n) is 2.62. The molecule has 0 saturated carbocycles. The minimum atomic E-state index is -0.710. The summed E-state index contributed by atoms with van der Waals surface area (Å²) in [5.41, 5.74) is 7.59. The predicted octanol–water partition coefficient (Wildman–Crippen LogP) is 0.589. The number of urea groups is 1. The normalized spacial score (nSPS) is 10.3. The van der Waals surface area contributed by atoms with Crippen LogP contribution < -0.4 is 11.2 Å². The summed E-state index contributed by atoms with van der Waals surface area (Å²) in [5, 5.41) is 12.9. The van der Waals surface area contributed by atoms with Crippen molar-refractivity contribution in [3.8, 4) is 5.75 Å². The molecule has 0 atom stereocenters. The first-order chi connectivity index (χ1) is 6.70. The molecule has 14 heavy (non-hydrogen) atoms. The van der Waals surface area contributed by atoms with Gasteiger partial charge >= 0.3 is 6.03 Å². The number of rotatable bonds is 3. The third kappa shape index (κ3) is 3.14. The number of amides is 2. The molecule has 0 aliphatic heterocycles. The van der Waals surface area contributed by atoms with Gasteiger partial charge in [-0.25, -0.2) is 10.2 Å². The molecule has 0 spiro atoms. The zero-order valence-corrected chi connectivity index (χ0v) is 7.47. The van der Waals surface area contributed by atoms with E-state index >= 15 is 0 Å². The maximum atomic E-state index is 10.2. The highest BCUT2D eigenvalue weighted by molar-refractivity contribution is 5.73. The molecule has 5 nitrogen and oxygen atoms in total. The van der Waals surface area contributed by atoms with E-state index in [1.165, 1.54) is 6.21 Å². The molecule has 0 bridgehead atoms. The Balaban J connectivity index is 2.49. The average Bonchev–Trinajstić information content (AvgIpc) is 2.15. The Bertz CT molecular complexity index is 350. The topological polar surface area (TPSA) is 87.7 Å². The van der Waals surface area contributed by atoms with Gasteiger partial charge in [-0.1, -0.05) is 18.2 Å². The Kier molecular flexibility index (Phi) is 3.49. The van der Waals surface area contributed by atoms with Crippen LogP contribution in [0.25, 0.3) is 0 Å². The standard InChI is InChI=1S/C9H11N3O2/c10-9(14)12-11-6-5-7-3-1-2-4-8(7)13/h1-4,6,13H,5H2,(H3,10,12,14)/b11-6+. The molecule has 1 aromatic carbocycles. The molecule has 5 heteroatoms. The maximum Gasteiger partial charge on any atom is 0.332 e. The first-order valence-electron chi connectivity index (χ1n) is 4.04. The van der Waals surface area contributed by atoms with E-state index in [1.807, 2.05) is 6.07 Å². The highest BCUT2D eigenvalue weighted by Gasteiger charge is 1.96. The minimum Gasteiger partial charge on any atom is -0.508 e. The number of phenolic OH excluding ortho intramolecular Hbond substituents is 1. The van der Waals surface area contributed by atoms with Gasteiger partial charge in [0.15, 0.2) is 0 Å². The summed E-state index contributed by atoms with van der Waals surface area (Å²) >= 11 is 0. The van der Waals surface area contributed by atoms with Gasteiger partial charge in [0.2, 0.25) is 0 Å². The van der Waals surface area contributed by atoms with E-state index in [-0.39, 0.29) is 5.75 Å². The van der Waals surface area contributed by atoms with E-state index < -0.39 is 6.03 Å². The zero-order valence-electron chi connectivity index (χ0n) is 7.47. The van der Waals surface area contributed by atoms with Crippen LogP contribution in [-0.4, -0.2) is 17.4 Å². The van der Waals surface area contributed by atoms with Crippen LogP contribution in [0.5, 0.6) is 5.75 Å². The van der Waals surface area contributed by atoms with Gasteiger partial charge in [0, 0.05) is 12.6 Å². The third-order valence-electron chi connectivity index (χ3n) is 1.57. The van der Waals surface area contributed by atoms with Crippen molar-refractivity contribution in [2.75, 3.05) is 0 Å². The fraction of sp³-hybridized carbons (Fsp3) is 0.111. The fourth-order valence-corrected chi connectivity index (χ4v) is 0.937. The molecule has 0 fully saturated rings. The minimum absolute atomic E-state index is 0.207. The molecule has 2 amide bonds. The second kappa shape index (κ2) is 4.86. The molecule has 0 aliphatic carbocycles. The molecule has 1 rings (SSSR count). The van der Waals surface area contributed by atoms with E-state index in [0.717, 1.165) is 5.56 Å². The third-order valence-corrected chi connectivity index (χ3v) is 1.57. The van der Waals surface area contributed by atoms with Crippen molar-refractivity contribution < 1.29 is 9.90 Å². The van der Waals surface area contributed by atoms with E-state index in [9.17, 15) is 9.90 Å². The summed E-state index contributed by atoms with van der Waals surface area (Å²) in [6.45, 7) is 0. The summed E-state index contributed by atoms with van der Waals surface area (Å²) in [6.07, 6.45) is 1.90. The van der Waals surface area contributed by atoms with Gasteiger partial charge in [-0.15, -0.1) is 0 Å². The van der Waals surface area contributed by atoms with Crippen LogP contribution in [0.4, 0.5) is 4.79 Å². The van der Waals surface area contributed by atoms with Gasteiger partial charge in [-0.2, -0.15) is 5.10 Å².